The van der Waals surface area contributed by atoms with Crippen molar-refractivity contribution in [2.24, 2.45) is 0 Å². The van der Waals surface area contributed by atoms with Crippen molar-refractivity contribution in [1.29, 1.82) is 0 Å². The molecule has 2 N–H and O–H groups in total. The zero-order valence-corrected chi connectivity index (χ0v) is 12.2. The highest BCUT2D eigenvalue weighted by Gasteiger charge is 2.12. The van der Waals surface area contributed by atoms with Gasteiger partial charge in [-0.1, -0.05) is 32.0 Å². The second-order valence-corrected chi connectivity index (χ2v) is 4.69. The van der Waals surface area contributed by atoms with E-state index in [0.29, 0.717) is 6.04 Å². The molecule has 0 amide bonds. The first-order valence-electron chi connectivity index (χ1n) is 7.39. The zero-order chi connectivity index (χ0) is 13.9. The molecule has 0 aliphatic rings. The predicted octanol–water partition coefficient (Wildman–Crippen LogP) is 3.29. The molecular formula is C16H27NO2. The van der Waals surface area contributed by atoms with Gasteiger partial charge in [-0.05, 0) is 38.3 Å². The van der Waals surface area contributed by atoms with Gasteiger partial charge in [0.1, 0.15) is 5.75 Å². The minimum Gasteiger partial charge on any atom is -0.493 e. The lowest BCUT2D eigenvalue weighted by atomic mass is 10.0. The molecule has 19 heavy (non-hydrogen) atoms. The molecule has 0 saturated carbocycles. The first-order chi connectivity index (χ1) is 9.33. The van der Waals surface area contributed by atoms with Crippen molar-refractivity contribution in [3.8, 4) is 5.75 Å². The van der Waals surface area contributed by atoms with E-state index in [-0.39, 0.29) is 6.61 Å². The second kappa shape index (κ2) is 9.82. The number of benzene rings is 1. The Hall–Kier alpha value is -1.06. The summed E-state index contributed by atoms with van der Waals surface area (Å²) in [4.78, 5) is 0. The number of unbranched alkanes of at least 4 members (excludes halogenated alkanes) is 2. The summed E-state index contributed by atoms with van der Waals surface area (Å²) in [6.07, 6.45) is 3.93. The van der Waals surface area contributed by atoms with Gasteiger partial charge in [0, 0.05) is 18.2 Å². The van der Waals surface area contributed by atoms with E-state index in [9.17, 15) is 0 Å². The molecule has 0 aliphatic heterocycles. The van der Waals surface area contributed by atoms with E-state index < -0.39 is 0 Å². The standard InChI is InChI=1S/C16H27NO2/c1-3-15(17-4-2)14-10-6-7-11-16(14)19-13-9-5-8-12-18/h6-7,10-11,15,17-18H,3-5,8-9,12-13H2,1-2H3. The maximum Gasteiger partial charge on any atom is 0.124 e. The van der Waals surface area contributed by atoms with Gasteiger partial charge in [-0.25, -0.2) is 0 Å². The van der Waals surface area contributed by atoms with Crippen molar-refractivity contribution in [1.82, 2.24) is 5.32 Å². The first-order valence-corrected chi connectivity index (χ1v) is 7.39. The van der Waals surface area contributed by atoms with E-state index in [0.717, 1.165) is 44.6 Å². The van der Waals surface area contributed by atoms with E-state index in [1.54, 1.807) is 0 Å². The lowest BCUT2D eigenvalue weighted by Gasteiger charge is -2.20. The molecule has 1 aromatic carbocycles. The van der Waals surface area contributed by atoms with Gasteiger partial charge < -0.3 is 15.2 Å². The Bertz CT molecular complexity index is 341. The molecule has 0 spiro atoms. The fourth-order valence-electron chi connectivity index (χ4n) is 2.19. The molecule has 0 heterocycles. The minimum atomic E-state index is 0.273. The Labute approximate surface area is 117 Å². The van der Waals surface area contributed by atoms with Gasteiger partial charge in [0.05, 0.1) is 6.61 Å². The molecule has 3 nitrogen and oxygen atoms in total. The van der Waals surface area contributed by atoms with E-state index >= 15 is 0 Å². The molecule has 0 fully saturated rings. The van der Waals surface area contributed by atoms with Crippen LogP contribution in [0.15, 0.2) is 24.3 Å². The molecule has 1 rings (SSSR count). The first kappa shape index (κ1) is 16.0. The molecule has 0 radical (unpaired) electrons. The maximum atomic E-state index is 8.74. The van der Waals surface area contributed by atoms with Crippen LogP contribution in [0.1, 0.15) is 51.1 Å². The van der Waals surface area contributed by atoms with Crippen LogP contribution in [0.4, 0.5) is 0 Å². The number of para-hydroxylation sites is 1. The van der Waals surface area contributed by atoms with Crippen molar-refractivity contribution in [3.63, 3.8) is 0 Å². The van der Waals surface area contributed by atoms with Crippen molar-refractivity contribution in [2.45, 2.75) is 45.6 Å². The van der Waals surface area contributed by atoms with E-state index in [4.69, 9.17) is 9.84 Å². The normalized spacial score (nSPS) is 12.4. The molecule has 0 saturated heterocycles. The van der Waals surface area contributed by atoms with Crippen LogP contribution < -0.4 is 10.1 Å². The highest BCUT2D eigenvalue weighted by atomic mass is 16.5. The third-order valence-electron chi connectivity index (χ3n) is 3.21. The van der Waals surface area contributed by atoms with Crippen molar-refractivity contribution in [3.05, 3.63) is 29.8 Å². The smallest absolute Gasteiger partial charge is 0.124 e. The van der Waals surface area contributed by atoms with Crippen LogP contribution in [0.25, 0.3) is 0 Å². The lowest BCUT2D eigenvalue weighted by Crippen LogP contribution is -2.20. The van der Waals surface area contributed by atoms with Gasteiger partial charge in [0.25, 0.3) is 0 Å². The van der Waals surface area contributed by atoms with Crippen molar-refractivity contribution >= 4 is 0 Å². The average Bonchev–Trinajstić information content (AvgIpc) is 2.45. The lowest BCUT2D eigenvalue weighted by molar-refractivity contribution is 0.264. The third kappa shape index (κ3) is 5.62. The van der Waals surface area contributed by atoms with Gasteiger partial charge in [-0.2, -0.15) is 0 Å². The van der Waals surface area contributed by atoms with Crippen LogP contribution in [-0.2, 0) is 0 Å². The highest BCUT2D eigenvalue weighted by Crippen LogP contribution is 2.27. The van der Waals surface area contributed by atoms with Gasteiger partial charge >= 0.3 is 0 Å². The molecule has 1 unspecified atom stereocenters. The van der Waals surface area contributed by atoms with Crippen LogP contribution in [-0.4, -0.2) is 24.9 Å². The molecule has 3 heteroatoms. The van der Waals surface area contributed by atoms with Gasteiger partial charge in [0.15, 0.2) is 0 Å². The molecule has 1 atom stereocenters. The SMILES string of the molecule is CCNC(CC)c1ccccc1OCCCCCO. The highest BCUT2D eigenvalue weighted by molar-refractivity contribution is 5.35. The fraction of sp³-hybridized carbons (Fsp3) is 0.625. The predicted molar refractivity (Wildman–Crippen MR) is 79.6 cm³/mol. The zero-order valence-electron chi connectivity index (χ0n) is 12.2. The summed E-state index contributed by atoms with van der Waals surface area (Å²) in [6, 6.07) is 8.62. The fourth-order valence-corrected chi connectivity index (χ4v) is 2.19. The van der Waals surface area contributed by atoms with Crippen LogP contribution >= 0.6 is 0 Å². The maximum absolute atomic E-state index is 8.74. The molecule has 0 bridgehead atoms. The summed E-state index contributed by atoms with van der Waals surface area (Å²) in [5.41, 5.74) is 1.24. The van der Waals surface area contributed by atoms with E-state index in [1.165, 1.54) is 5.56 Å². The molecule has 1 aromatic rings. The Morgan fingerprint density at radius 3 is 2.63 bits per heavy atom. The van der Waals surface area contributed by atoms with Crippen molar-refractivity contribution in [2.75, 3.05) is 19.8 Å². The Kier molecular flexibility index (Phi) is 8.26. The Morgan fingerprint density at radius 2 is 1.95 bits per heavy atom. The topological polar surface area (TPSA) is 41.5 Å². The van der Waals surface area contributed by atoms with Crippen LogP contribution in [0.2, 0.25) is 0 Å². The van der Waals surface area contributed by atoms with E-state index in [1.807, 2.05) is 12.1 Å². The summed E-state index contributed by atoms with van der Waals surface area (Å²) in [5, 5.41) is 12.2. The monoisotopic (exact) mass is 265 g/mol. The Morgan fingerprint density at radius 1 is 1.16 bits per heavy atom. The van der Waals surface area contributed by atoms with Gasteiger partial charge in [-0.15, -0.1) is 0 Å². The van der Waals surface area contributed by atoms with E-state index in [2.05, 4.69) is 31.3 Å². The molecule has 108 valence electrons. The van der Waals surface area contributed by atoms with Gasteiger partial charge in [0.2, 0.25) is 0 Å². The summed E-state index contributed by atoms with van der Waals surface area (Å²) in [5.74, 6) is 0.985. The number of nitrogens with one attached hydrogen (secondary N) is 1. The number of aliphatic hydroxyl groups excluding tert-OH is 1. The minimum absolute atomic E-state index is 0.273. The van der Waals surface area contributed by atoms with Crippen LogP contribution in [0.5, 0.6) is 5.75 Å². The second-order valence-electron chi connectivity index (χ2n) is 4.69. The average molecular weight is 265 g/mol. The molecular weight excluding hydrogens is 238 g/mol. The largest absolute Gasteiger partial charge is 0.493 e. The summed E-state index contributed by atoms with van der Waals surface area (Å²) < 4.78 is 5.89. The number of hydrogen-bond donors (Lipinski definition) is 2. The van der Waals surface area contributed by atoms with Gasteiger partial charge in [-0.3, -0.25) is 0 Å². The third-order valence-corrected chi connectivity index (χ3v) is 3.21. The summed E-state index contributed by atoms with van der Waals surface area (Å²) >= 11 is 0. The van der Waals surface area contributed by atoms with Crippen LogP contribution in [0, 0.1) is 0 Å². The number of aliphatic hydroxyl groups is 1. The quantitative estimate of drug-likeness (QED) is 0.638. The Balaban J connectivity index is 2.56. The number of rotatable bonds is 10. The molecule has 0 aliphatic carbocycles. The molecule has 0 aromatic heterocycles. The van der Waals surface area contributed by atoms with Crippen molar-refractivity contribution < 1.29 is 9.84 Å². The summed E-state index contributed by atoms with van der Waals surface area (Å²) in [6.45, 7) is 6.27. The van der Waals surface area contributed by atoms with Crippen LogP contribution in [0.3, 0.4) is 0 Å². The number of ether oxygens (including phenoxy) is 1. The number of hydrogen-bond acceptors (Lipinski definition) is 3. The summed E-state index contributed by atoms with van der Waals surface area (Å²) in [7, 11) is 0.